The molecular formula is C27H34N2O4S2. The fourth-order valence-corrected chi connectivity index (χ4v) is 4.38. The summed E-state index contributed by atoms with van der Waals surface area (Å²) < 4.78 is 14.8. The molecule has 0 aliphatic heterocycles. The van der Waals surface area contributed by atoms with Crippen LogP contribution in [-0.2, 0) is 24.6 Å². The van der Waals surface area contributed by atoms with E-state index in [0.717, 1.165) is 41.9 Å². The molecule has 0 amide bonds. The number of unbranched alkanes of at least 4 members (excludes halogenated alkanes) is 2. The van der Waals surface area contributed by atoms with E-state index in [1.807, 2.05) is 48.5 Å². The van der Waals surface area contributed by atoms with Gasteiger partial charge in [0.15, 0.2) is 0 Å². The number of thiol groups is 2. The zero-order valence-electron chi connectivity index (χ0n) is 20.2. The number of benzene rings is 2. The van der Waals surface area contributed by atoms with Gasteiger partial charge >= 0.3 is 5.69 Å². The van der Waals surface area contributed by atoms with Gasteiger partial charge in [-0.1, -0.05) is 36.4 Å². The maximum atomic E-state index is 13.0. The van der Waals surface area contributed by atoms with Crippen LogP contribution in [0.25, 0.3) is 0 Å². The van der Waals surface area contributed by atoms with Crippen LogP contribution in [0.1, 0.15) is 42.5 Å². The third kappa shape index (κ3) is 7.70. The Kier molecular flexibility index (Phi) is 10.9. The van der Waals surface area contributed by atoms with Gasteiger partial charge in [0.1, 0.15) is 11.5 Å². The van der Waals surface area contributed by atoms with Gasteiger partial charge < -0.3 is 9.47 Å². The summed E-state index contributed by atoms with van der Waals surface area (Å²) in [5, 5.41) is 0. The van der Waals surface area contributed by atoms with Gasteiger partial charge in [-0.25, -0.2) is 4.79 Å². The van der Waals surface area contributed by atoms with E-state index in [4.69, 9.17) is 9.47 Å². The van der Waals surface area contributed by atoms with Crippen LogP contribution in [0.15, 0.2) is 64.2 Å². The fourth-order valence-electron chi connectivity index (χ4n) is 3.86. The van der Waals surface area contributed by atoms with Crippen LogP contribution in [0.5, 0.6) is 11.5 Å². The number of ether oxygens (including phenoxy) is 2. The van der Waals surface area contributed by atoms with Gasteiger partial charge in [0.25, 0.3) is 5.56 Å². The average molecular weight is 515 g/mol. The molecule has 0 saturated heterocycles. The maximum absolute atomic E-state index is 13.0. The Morgan fingerprint density at radius 2 is 1.20 bits per heavy atom. The fraction of sp³-hybridized carbons (Fsp3) is 0.407. The lowest BCUT2D eigenvalue weighted by Gasteiger charge is -2.14. The quantitative estimate of drug-likeness (QED) is 0.237. The van der Waals surface area contributed by atoms with E-state index < -0.39 is 0 Å². The molecule has 0 spiro atoms. The first-order valence-electron chi connectivity index (χ1n) is 12.0. The molecule has 8 heteroatoms. The van der Waals surface area contributed by atoms with Crippen molar-refractivity contribution in [1.82, 2.24) is 9.13 Å². The minimum Gasteiger partial charge on any atom is -0.493 e. The Balaban J connectivity index is 1.48. The molecule has 0 atom stereocenters. The summed E-state index contributed by atoms with van der Waals surface area (Å²) in [7, 11) is 0. The van der Waals surface area contributed by atoms with Crippen molar-refractivity contribution in [3.8, 4) is 11.5 Å². The highest BCUT2D eigenvalue weighted by atomic mass is 32.1. The SMILES string of the molecule is Cc1cc(=O)n(CCCCOc2ccccc2CS)c(=O)n1CCCCOc1ccccc1CS. The Hall–Kier alpha value is -2.58. The van der Waals surface area contributed by atoms with Crippen molar-refractivity contribution in [1.29, 1.82) is 0 Å². The molecule has 0 unspecified atom stereocenters. The van der Waals surface area contributed by atoms with Crippen molar-refractivity contribution in [2.75, 3.05) is 13.2 Å². The number of nitrogens with zero attached hydrogens (tertiary/aromatic N) is 2. The summed E-state index contributed by atoms with van der Waals surface area (Å²) in [4.78, 5) is 25.5. The Bertz CT molecular complexity index is 1210. The van der Waals surface area contributed by atoms with Crippen molar-refractivity contribution in [3.63, 3.8) is 0 Å². The molecule has 0 N–H and O–H groups in total. The van der Waals surface area contributed by atoms with Gasteiger partial charge in [-0.3, -0.25) is 13.9 Å². The van der Waals surface area contributed by atoms with Gasteiger partial charge in [0.2, 0.25) is 0 Å². The number of hydrogen-bond donors (Lipinski definition) is 2. The van der Waals surface area contributed by atoms with Crippen LogP contribution in [0, 0.1) is 6.92 Å². The topological polar surface area (TPSA) is 62.5 Å². The van der Waals surface area contributed by atoms with E-state index >= 15 is 0 Å². The van der Waals surface area contributed by atoms with E-state index in [1.54, 1.807) is 17.6 Å². The molecule has 188 valence electrons. The first-order chi connectivity index (χ1) is 17.0. The molecule has 0 fully saturated rings. The van der Waals surface area contributed by atoms with Crippen LogP contribution in [0.2, 0.25) is 0 Å². The Morgan fingerprint density at radius 3 is 1.71 bits per heavy atom. The smallest absolute Gasteiger partial charge is 0.331 e. The second-order valence-electron chi connectivity index (χ2n) is 8.35. The molecule has 3 aromatic rings. The van der Waals surface area contributed by atoms with Gasteiger partial charge in [-0.2, -0.15) is 25.3 Å². The summed E-state index contributed by atoms with van der Waals surface area (Å²) in [6, 6.07) is 17.2. The minimum absolute atomic E-state index is 0.252. The van der Waals surface area contributed by atoms with Crippen molar-refractivity contribution in [3.05, 3.63) is 92.3 Å². The predicted octanol–water partition coefficient (Wildman–Crippen LogP) is 4.90. The highest BCUT2D eigenvalue weighted by Gasteiger charge is 2.09. The van der Waals surface area contributed by atoms with E-state index in [-0.39, 0.29) is 11.2 Å². The lowest BCUT2D eigenvalue weighted by Crippen LogP contribution is -2.40. The molecule has 2 aromatic carbocycles. The van der Waals surface area contributed by atoms with Gasteiger partial charge in [-0.15, -0.1) is 0 Å². The Morgan fingerprint density at radius 1 is 0.714 bits per heavy atom. The number of hydrogen-bond acceptors (Lipinski definition) is 6. The van der Waals surface area contributed by atoms with Crippen molar-refractivity contribution < 1.29 is 9.47 Å². The second-order valence-corrected chi connectivity index (χ2v) is 8.99. The van der Waals surface area contributed by atoms with Crippen LogP contribution in [0.4, 0.5) is 0 Å². The highest BCUT2D eigenvalue weighted by molar-refractivity contribution is 7.79. The molecule has 0 aliphatic rings. The zero-order valence-corrected chi connectivity index (χ0v) is 22.0. The van der Waals surface area contributed by atoms with Crippen LogP contribution in [0.3, 0.4) is 0 Å². The van der Waals surface area contributed by atoms with E-state index in [1.165, 1.54) is 4.57 Å². The third-order valence-corrected chi connectivity index (χ3v) is 6.52. The predicted molar refractivity (Wildman–Crippen MR) is 147 cm³/mol. The molecule has 0 radical (unpaired) electrons. The first-order valence-corrected chi connectivity index (χ1v) is 13.3. The Labute approximate surface area is 217 Å². The molecule has 1 heterocycles. The average Bonchev–Trinajstić information content (AvgIpc) is 2.87. The molecule has 3 rings (SSSR count). The molecule has 0 bridgehead atoms. The monoisotopic (exact) mass is 514 g/mol. The van der Waals surface area contributed by atoms with Crippen LogP contribution in [-0.4, -0.2) is 22.3 Å². The lowest BCUT2D eigenvalue weighted by atomic mass is 10.2. The maximum Gasteiger partial charge on any atom is 0.331 e. The summed E-state index contributed by atoms with van der Waals surface area (Å²) in [5.41, 5.74) is 2.29. The van der Waals surface area contributed by atoms with Crippen LogP contribution < -0.4 is 20.7 Å². The summed E-state index contributed by atoms with van der Waals surface area (Å²) in [5.74, 6) is 2.92. The minimum atomic E-state index is -0.253. The number of aromatic nitrogens is 2. The van der Waals surface area contributed by atoms with Crippen LogP contribution >= 0.6 is 25.3 Å². The molecular weight excluding hydrogens is 480 g/mol. The highest BCUT2D eigenvalue weighted by Crippen LogP contribution is 2.20. The number of aryl methyl sites for hydroxylation is 1. The van der Waals surface area contributed by atoms with Crippen molar-refractivity contribution >= 4 is 25.3 Å². The second kappa shape index (κ2) is 14.1. The normalized spacial score (nSPS) is 10.9. The van der Waals surface area contributed by atoms with Gasteiger partial charge in [-0.05, 0) is 44.7 Å². The summed E-state index contributed by atoms with van der Waals surface area (Å²) in [6.45, 7) is 3.81. The first kappa shape index (κ1) is 27.0. The molecule has 6 nitrogen and oxygen atoms in total. The third-order valence-electron chi connectivity index (χ3n) is 5.84. The van der Waals surface area contributed by atoms with Crippen molar-refractivity contribution in [2.24, 2.45) is 0 Å². The van der Waals surface area contributed by atoms with E-state index in [0.29, 0.717) is 49.9 Å². The molecule has 0 saturated carbocycles. The van der Waals surface area contributed by atoms with E-state index in [2.05, 4.69) is 25.3 Å². The standard InChI is InChI=1S/C27H34N2O4S2/c1-21-18-26(30)29(15-7-9-17-33-25-13-5-3-11-23(25)20-35)27(31)28(21)14-6-8-16-32-24-12-4-2-10-22(24)19-34/h2-5,10-13,18,34-35H,6-9,14-17,19-20H2,1H3. The number of rotatable bonds is 14. The molecule has 35 heavy (non-hydrogen) atoms. The zero-order chi connectivity index (χ0) is 25.0. The number of para-hydroxylation sites is 2. The van der Waals surface area contributed by atoms with Gasteiger partial charge in [0.05, 0.1) is 13.2 Å². The van der Waals surface area contributed by atoms with E-state index in [9.17, 15) is 9.59 Å². The lowest BCUT2D eigenvalue weighted by molar-refractivity contribution is 0.297. The summed E-state index contributed by atoms with van der Waals surface area (Å²) >= 11 is 8.66. The molecule has 1 aromatic heterocycles. The van der Waals surface area contributed by atoms with Gasteiger partial charge in [0, 0.05) is 47.5 Å². The van der Waals surface area contributed by atoms with Crippen molar-refractivity contribution in [2.45, 2.75) is 57.2 Å². The summed E-state index contributed by atoms with van der Waals surface area (Å²) in [6.07, 6.45) is 3.00. The largest absolute Gasteiger partial charge is 0.493 e. The molecule has 0 aliphatic carbocycles.